The molecule has 1 unspecified atom stereocenters. The first kappa shape index (κ1) is 15.2. The summed E-state index contributed by atoms with van der Waals surface area (Å²) in [7, 11) is 0. The molecule has 1 heterocycles. The van der Waals surface area contributed by atoms with Gasteiger partial charge in [0.05, 0.1) is 6.10 Å². The van der Waals surface area contributed by atoms with Crippen LogP contribution in [0.1, 0.15) is 27.7 Å². The summed E-state index contributed by atoms with van der Waals surface area (Å²) < 4.78 is 9.87. The number of rotatable bonds is 4. The van der Waals surface area contributed by atoms with Gasteiger partial charge in [-0.3, -0.25) is 4.79 Å². The maximum atomic E-state index is 11.5. The first-order chi connectivity index (χ1) is 8.72. The van der Waals surface area contributed by atoms with Crippen LogP contribution in [-0.4, -0.2) is 36.6 Å². The molecule has 1 aliphatic rings. The normalized spacial score (nSPS) is 21.5. The van der Waals surface area contributed by atoms with E-state index in [9.17, 15) is 14.4 Å². The van der Waals surface area contributed by atoms with Gasteiger partial charge in [0.25, 0.3) is 5.91 Å². The summed E-state index contributed by atoms with van der Waals surface area (Å²) >= 11 is 0. The van der Waals surface area contributed by atoms with E-state index in [0.29, 0.717) is 6.54 Å². The second kappa shape index (κ2) is 5.86. The number of ether oxygens (including phenoxy) is 2. The van der Waals surface area contributed by atoms with Gasteiger partial charge in [0.15, 0.2) is 6.10 Å². The summed E-state index contributed by atoms with van der Waals surface area (Å²) in [4.78, 5) is 34.2. The molecule has 0 bridgehead atoms. The third kappa shape index (κ3) is 4.39. The van der Waals surface area contributed by atoms with Crippen molar-refractivity contribution < 1.29 is 23.9 Å². The lowest BCUT2D eigenvalue weighted by Crippen LogP contribution is -2.35. The van der Waals surface area contributed by atoms with Crippen molar-refractivity contribution in [3.05, 3.63) is 12.2 Å². The molecule has 1 fully saturated rings. The van der Waals surface area contributed by atoms with Crippen LogP contribution in [0.5, 0.6) is 0 Å². The van der Waals surface area contributed by atoms with Crippen molar-refractivity contribution in [2.24, 2.45) is 5.41 Å². The van der Waals surface area contributed by atoms with Gasteiger partial charge >= 0.3 is 11.9 Å². The number of amides is 1. The van der Waals surface area contributed by atoms with Gasteiger partial charge in [0.1, 0.15) is 0 Å². The molecule has 0 aromatic rings. The lowest BCUT2D eigenvalue weighted by molar-refractivity contribution is -0.154. The van der Waals surface area contributed by atoms with Crippen LogP contribution in [0.25, 0.3) is 0 Å². The molecule has 0 spiro atoms. The molecule has 0 aromatic heterocycles. The number of nitrogens with one attached hydrogen (secondary N) is 1. The minimum absolute atomic E-state index is 0.257. The monoisotopic (exact) mass is 269 g/mol. The molecule has 19 heavy (non-hydrogen) atoms. The van der Waals surface area contributed by atoms with Crippen LogP contribution in [0.15, 0.2) is 12.2 Å². The van der Waals surface area contributed by atoms with Crippen LogP contribution in [0.4, 0.5) is 0 Å². The molecule has 6 heteroatoms. The third-order valence-electron chi connectivity index (χ3n) is 2.61. The molecule has 6 nitrogen and oxygen atoms in total. The summed E-state index contributed by atoms with van der Waals surface area (Å²) in [5, 5.41) is 2.62. The minimum atomic E-state index is -0.842. The molecule has 1 rings (SSSR count). The SMILES string of the molecule is CC(C)OC(=O)/C=C/C(=O)OC1C(=O)NCC1(C)C. The molecule has 0 aliphatic carbocycles. The van der Waals surface area contributed by atoms with Crippen molar-refractivity contribution in [2.45, 2.75) is 39.9 Å². The van der Waals surface area contributed by atoms with E-state index in [1.54, 1.807) is 13.8 Å². The summed E-state index contributed by atoms with van der Waals surface area (Å²) in [5.41, 5.74) is -0.459. The summed E-state index contributed by atoms with van der Waals surface area (Å²) in [6, 6.07) is 0. The fraction of sp³-hybridized carbons (Fsp3) is 0.615. The Labute approximate surface area is 112 Å². The second-order valence-corrected chi connectivity index (χ2v) is 5.34. The van der Waals surface area contributed by atoms with E-state index < -0.39 is 23.5 Å². The second-order valence-electron chi connectivity index (χ2n) is 5.34. The predicted molar refractivity (Wildman–Crippen MR) is 67.0 cm³/mol. The fourth-order valence-electron chi connectivity index (χ4n) is 1.63. The highest BCUT2D eigenvalue weighted by Gasteiger charge is 2.43. The lowest BCUT2D eigenvalue weighted by Gasteiger charge is -2.22. The Morgan fingerprint density at radius 2 is 1.89 bits per heavy atom. The number of esters is 2. The van der Waals surface area contributed by atoms with Gasteiger partial charge in [0.2, 0.25) is 0 Å². The van der Waals surface area contributed by atoms with Crippen molar-refractivity contribution in [3.8, 4) is 0 Å². The van der Waals surface area contributed by atoms with E-state index in [2.05, 4.69) is 5.32 Å². The first-order valence-corrected chi connectivity index (χ1v) is 6.09. The predicted octanol–water partition coefficient (Wildman–Crippen LogP) is 0.562. The number of hydrogen-bond acceptors (Lipinski definition) is 5. The van der Waals surface area contributed by atoms with Gasteiger partial charge in [0, 0.05) is 24.1 Å². The summed E-state index contributed by atoms with van der Waals surface area (Å²) in [6.45, 7) is 7.49. The quantitative estimate of drug-likeness (QED) is 0.596. The highest BCUT2D eigenvalue weighted by atomic mass is 16.6. The van der Waals surface area contributed by atoms with Gasteiger partial charge in [-0.05, 0) is 13.8 Å². The highest BCUT2D eigenvalue weighted by Crippen LogP contribution is 2.27. The Hall–Kier alpha value is -1.85. The van der Waals surface area contributed by atoms with Gasteiger partial charge in [-0.1, -0.05) is 13.8 Å². The smallest absolute Gasteiger partial charge is 0.331 e. The molecule has 0 saturated carbocycles. The van der Waals surface area contributed by atoms with Gasteiger partial charge < -0.3 is 14.8 Å². The van der Waals surface area contributed by atoms with Crippen molar-refractivity contribution in [1.82, 2.24) is 5.32 Å². The van der Waals surface area contributed by atoms with Crippen LogP contribution < -0.4 is 5.32 Å². The van der Waals surface area contributed by atoms with Crippen molar-refractivity contribution >= 4 is 17.8 Å². The minimum Gasteiger partial charge on any atom is -0.460 e. The van der Waals surface area contributed by atoms with E-state index in [0.717, 1.165) is 12.2 Å². The van der Waals surface area contributed by atoms with Crippen LogP contribution >= 0.6 is 0 Å². The first-order valence-electron chi connectivity index (χ1n) is 6.09. The Kier molecular flexibility index (Phi) is 4.69. The molecule has 1 aliphatic heterocycles. The van der Waals surface area contributed by atoms with E-state index >= 15 is 0 Å². The van der Waals surface area contributed by atoms with Crippen LogP contribution in [0.2, 0.25) is 0 Å². The largest absolute Gasteiger partial charge is 0.460 e. The summed E-state index contributed by atoms with van der Waals surface area (Å²) in [5.74, 6) is -1.69. The fourth-order valence-corrected chi connectivity index (χ4v) is 1.63. The lowest BCUT2D eigenvalue weighted by atomic mass is 9.90. The van der Waals surface area contributed by atoms with Gasteiger partial charge in [-0.2, -0.15) is 0 Å². The molecule has 0 radical (unpaired) electrons. The highest BCUT2D eigenvalue weighted by molar-refractivity contribution is 5.94. The topological polar surface area (TPSA) is 81.7 Å². The van der Waals surface area contributed by atoms with Gasteiger partial charge in [-0.25, -0.2) is 9.59 Å². The molecule has 1 amide bonds. The van der Waals surface area contributed by atoms with Crippen LogP contribution in [-0.2, 0) is 23.9 Å². The van der Waals surface area contributed by atoms with E-state index in [1.807, 2.05) is 13.8 Å². The van der Waals surface area contributed by atoms with E-state index in [1.165, 1.54) is 0 Å². The van der Waals surface area contributed by atoms with Crippen LogP contribution in [0, 0.1) is 5.41 Å². The van der Waals surface area contributed by atoms with Crippen molar-refractivity contribution in [1.29, 1.82) is 0 Å². The number of carbonyl (C=O) groups excluding carboxylic acids is 3. The van der Waals surface area contributed by atoms with E-state index in [4.69, 9.17) is 9.47 Å². The standard InChI is InChI=1S/C13H19NO5/c1-8(2)18-9(15)5-6-10(16)19-11-12(17)14-7-13(11,3)4/h5-6,8,11H,7H2,1-4H3,(H,14,17)/b6-5+. The maximum absolute atomic E-state index is 11.5. The number of hydrogen-bond donors (Lipinski definition) is 1. The molecular weight excluding hydrogens is 250 g/mol. The van der Waals surface area contributed by atoms with Crippen molar-refractivity contribution in [2.75, 3.05) is 6.54 Å². The molecular formula is C13H19NO5. The third-order valence-corrected chi connectivity index (χ3v) is 2.61. The Bertz CT molecular complexity index is 411. The molecule has 1 atom stereocenters. The molecule has 0 aromatic carbocycles. The average molecular weight is 269 g/mol. The Morgan fingerprint density at radius 1 is 1.32 bits per heavy atom. The maximum Gasteiger partial charge on any atom is 0.331 e. The molecule has 1 N–H and O–H groups in total. The van der Waals surface area contributed by atoms with Crippen LogP contribution in [0.3, 0.4) is 0 Å². The molecule has 106 valence electrons. The number of carbonyl (C=O) groups is 3. The Morgan fingerprint density at radius 3 is 2.37 bits per heavy atom. The zero-order valence-corrected chi connectivity index (χ0v) is 11.6. The summed E-state index contributed by atoms with van der Waals surface area (Å²) in [6.07, 6.45) is 0.854. The molecule has 1 saturated heterocycles. The zero-order valence-electron chi connectivity index (χ0n) is 11.6. The average Bonchev–Trinajstić information content (AvgIpc) is 2.52. The van der Waals surface area contributed by atoms with Gasteiger partial charge in [-0.15, -0.1) is 0 Å². The van der Waals surface area contributed by atoms with E-state index in [-0.39, 0.29) is 12.0 Å². The zero-order chi connectivity index (χ0) is 14.6. The Balaban J connectivity index is 2.54. The van der Waals surface area contributed by atoms with Crippen molar-refractivity contribution in [3.63, 3.8) is 0 Å².